The molecule has 2 aromatic carbocycles. The number of hydrogen-bond donors (Lipinski definition) is 1. The molecule has 1 atom stereocenters. The van der Waals surface area contributed by atoms with E-state index in [4.69, 9.17) is 11.6 Å². The van der Waals surface area contributed by atoms with Crippen LogP contribution >= 0.6 is 23.4 Å². The van der Waals surface area contributed by atoms with Crippen molar-refractivity contribution in [3.05, 3.63) is 58.6 Å². The van der Waals surface area contributed by atoms with E-state index in [1.807, 2.05) is 17.8 Å². The van der Waals surface area contributed by atoms with Gasteiger partial charge in [-0.25, -0.2) is 0 Å². The highest BCUT2D eigenvalue weighted by Gasteiger charge is 2.31. The number of piperidine rings is 1. The Balaban J connectivity index is 1.78. The SMILES string of the molecule is Clc1ccc2c(c1)C[C@H]([NH+]1CCCCC1)c1ccccc1S2. The first kappa shape index (κ1) is 14.6. The van der Waals surface area contributed by atoms with Gasteiger partial charge in [0, 0.05) is 26.8 Å². The molecule has 1 N–H and O–H groups in total. The van der Waals surface area contributed by atoms with Crippen LogP contribution in [0.15, 0.2) is 52.3 Å². The summed E-state index contributed by atoms with van der Waals surface area (Å²) in [5.74, 6) is 0. The van der Waals surface area contributed by atoms with Gasteiger partial charge in [-0.1, -0.05) is 41.6 Å². The van der Waals surface area contributed by atoms with Crippen LogP contribution in [0.1, 0.15) is 36.4 Å². The maximum absolute atomic E-state index is 6.26. The molecule has 114 valence electrons. The number of benzene rings is 2. The smallest absolute Gasteiger partial charge is 0.118 e. The van der Waals surface area contributed by atoms with Crippen molar-refractivity contribution in [1.82, 2.24) is 0 Å². The minimum absolute atomic E-state index is 0.573. The molecule has 1 fully saturated rings. The van der Waals surface area contributed by atoms with Gasteiger partial charge in [0.2, 0.25) is 0 Å². The first-order valence-electron chi connectivity index (χ1n) is 8.21. The second-order valence-corrected chi connectivity index (χ2v) is 7.89. The molecule has 1 saturated heterocycles. The lowest BCUT2D eigenvalue weighted by atomic mass is 9.95. The van der Waals surface area contributed by atoms with Gasteiger partial charge < -0.3 is 4.90 Å². The summed E-state index contributed by atoms with van der Waals surface area (Å²) in [5, 5.41) is 0.859. The minimum Gasteiger partial charge on any atom is -0.328 e. The van der Waals surface area contributed by atoms with E-state index in [-0.39, 0.29) is 0 Å². The number of likely N-dealkylation sites (tertiary alicyclic amines) is 1. The Kier molecular flexibility index (Phi) is 4.17. The quantitative estimate of drug-likeness (QED) is 0.822. The summed E-state index contributed by atoms with van der Waals surface area (Å²) in [6.45, 7) is 2.61. The van der Waals surface area contributed by atoms with Crippen LogP contribution in [0.25, 0.3) is 0 Å². The molecule has 0 spiro atoms. The second kappa shape index (κ2) is 6.27. The van der Waals surface area contributed by atoms with Crippen molar-refractivity contribution in [2.45, 2.75) is 41.5 Å². The fourth-order valence-electron chi connectivity index (χ4n) is 3.84. The monoisotopic (exact) mass is 330 g/mol. The lowest BCUT2D eigenvalue weighted by Crippen LogP contribution is -3.13. The van der Waals surface area contributed by atoms with Gasteiger partial charge in [0.05, 0.1) is 13.1 Å². The van der Waals surface area contributed by atoms with E-state index in [0.717, 1.165) is 11.4 Å². The van der Waals surface area contributed by atoms with Crippen LogP contribution < -0.4 is 4.90 Å². The van der Waals surface area contributed by atoms with Crippen LogP contribution in [0.5, 0.6) is 0 Å². The highest BCUT2D eigenvalue weighted by Crippen LogP contribution is 2.40. The van der Waals surface area contributed by atoms with E-state index in [2.05, 4.69) is 36.4 Å². The van der Waals surface area contributed by atoms with Gasteiger partial charge in [-0.15, -0.1) is 0 Å². The Morgan fingerprint density at radius 1 is 0.955 bits per heavy atom. The van der Waals surface area contributed by atoms with Gasteiger partial charge in [0.1, 0.15) is 6.04 Å². The molecule has 0 aliphatic carbocycles. The second-order valence-electron chi connectivity index (χ2n) is 6.37. The Morgan fingerprint density at radius 3 is 2.64 bits per heavy atom. The lowest BCUT2D eigenvalue weighted by Gasteiger charge is -2.32. The van der Waals surface area contributed by atoms with E-state index in [9.17, 15) is 0 Å². The highest BCUT2D eigenvalue weighted by atomic mass is 35.5. The van der Waals surface area contributed by atoms with Crippen molar-refractivity contribution in [2.75, 3.05) is 13.1 Å². The van der Waals surface area contributed by atoms with E-state index in [1.54, 1.807) is 4.90 Å². The average Bonchev–Trinajstić information content (AvgIpc) is 2.72. The van der Waals surface area contributed by atoms with E-state index in [0.29, 0.717) is 6.04 Å². The van der Waals surface area contributed by atoms with Gasteiger partial charge in [0.25, 0.3) is 0 Å². The van der Waals surface area contributed by atoms with Crippen molar-refractivity contribution in [3.63, 3.8) is 0 Å². The molecular weight excluding hydrogens is 310 g/mol. The molecule has 0 aromatic heterocycles. The van der Waals surface area contributed by atoms with E-state index < -0.39 is 0 Å². The van der Waals surface area contributed by atoms with Crippen molar-refractivity contribution >= 4 is 23.4 Å². The van der Waals surface area contributed by atoms with Crippen LogP contribution in [0.4, 0.5) is 0 Å². The van der Waals surface area contributed by atoms with Crippen LogP contribution in [0, 0.1) is 0 Å². The molecule has 2 aliphatic heterocycles. The van der Waals surface area contributed by atoms with Gasteiger partial charge >= 0.3 is 0 Å². The minimum atomic E-state index is 0.573. The van der Waals surface area contributed by atoms with Gasteiger partial charge in [-0.05, 0) is 49.1 Å². The Bertz CT molecular complexity index is 679. The average molecular weight is 331 g/mol. The maximum Gasteiger partial charge on any atom is 0.118 e. The first-order chi connectivity index (χ1) is 10.8. The number of nitrogens with one attached hydrogen (secondary N) is 1. The topological polar surface area (TPSA) is 4.44 Å². The number of halogens is 1. The number of fused-ring (bicyclic) bond motifs is 2. The summed E-state index contributed by atoms with van der Waals surface area (Å²) in [5.41, 5.74) is 2.94. The van der Waals surface area contributed by atoms with E-state index >= 15 is 0 Å². The highest BCUT2D eigenvalue weighted by molar-refractivity contribution is 7.99. The molecule has 0 bridgehead atoms. The Hall–Kier alpha value is -0.960. The molecule has 0 radical (unpaired) electrons. The number of rotatable bonds is 1. The fraction of sp³-hybridized carbons (Fsp3) is 0.368. The van der Waals surface area contributed by atoms with E-state index in [1.165, 1.54) is 53.3 Å². The summed E-state index contributed by atoms with van der Waals surface area (Å²) in [7, 11) is 0. The summed E-state index contributed by atoms with van der Waals surface area (Å²) in [6, 6.07) is 15.9. The predicted molar refractivity (Wildman–Crippen MR) is 93.0 cm³/mol. The van der Waals surface area contributed by atoms with Crippen LogP contribution in [0.2, 0.25) is 5.02 Å². The third-order valence-electron chi connectivity index (χ3n) is 4.95. The maximum atomic E-state index is 6.26. The number of quaternary nitrogens is 1. The van der Waals surface area contributed by atoms with Crippen molar-refractivity contribution < 1.29 is 4.90 Å². The van der Waals surface area contributed by atoms with Gasteiger partial charge in [-0.3, -0.25) is 0 Å². The molecule has 0 unspecified atom stereocenters. The van der Waals surface area contributed by atoms with Crippen LogP contribution in [-0.4, -0.2) is 13.1 Å². The molecule has 4 rings (SSSR count). The standard InChI is InChI=1S/C19H20ClNS/c20-15-8-9-18-14(12-15)13-17(21-10-4-1-5-11-21)16-6-2-3-7-19(16)22-18/h2-3,6-9,12,17H,1,4-5,10-11,13H2/p+1/t17-/m0/s1. The number of hydrogen-bond acceptors (Lipinski definition) is 1. The van der Waals surface area contributed by atoms with Crippen LogP contribution in [-0.2, 0) is 6.42 Å². The summed E-state index contributed by atoms with van der Waals surface area (Å²) < 4.78 is 0. The van der Waals surface area contributed by atoms with Gasteiger partial charge in [-0.2, -0.15) is 0 Å². The Labute approximate surface area is 141 Å². The van der Waals surface area contributed by atoms with Crippen LogP contribution in [0.3, 0.4) is 0 Å². The third kappa shape index (κ3) is 2.80. The zero-order valence-corrected chi connectivity index (χ0v) is 14.2. The summed E-state index contributed by atoms with van der Waals surface area (Å²) in [4.78, 5) is 4.55. The molecule has 2 aromatic rings. The van der Waals surface area contributed by atoms with Crippen molar-refractivity contribution in [1.29, 1.82) is 0 Å². The lowest BCUT2D eigenvalue weighted by molar-refractivity contribution is -0.936. The fourth-order valence-corrected chi connectivity index (χ4v) is 5.15. The molecule has 0 amide bonds. The normalized spacial score (nSPS) is 21.8. The summed E-state index contributed by atoms with van der Waals surface area (Å²) >= 11 is 8.17. The molecule has 2 aliphatic rings. The zero-order chi connectivity index (χ0) is 14.9. The largest absolute Gasteiger partial charge is 0.328 e. The molecule has 22 heavy (non-hydrogen) atoms. The Morgan fingerprint density at radius 2 is 1.77 bits per heavy atom. The zero-order valence-electron chi connectivity index (χ0n) is 12.6. The molecule has 2 heterocycles. The predicted octanol–water partition coefficient (Wildman–Crippen LogP) is 4.16. The molecule has 3 heteroatoms. The molecular formula is C19H21ClNS+. The van der Waals surface area contributed by atoms with Gasteiger partial charge in [0.15, 0.2) is 0 Å². The first-order valence-corrected chi connectivity index (χ1v) is 9.40. The molecule has 0 saturated carbocycles. The van der Waals surface area contributed by atoms with Crippen molar-refractivity contribution in [3.8, 4) is 0 Å². The molecule has 1 nitrogen and oxygen atoms in total. The summed E-state index contributed by atoms with van der Waals surface area (Å²) in [6.07, 6.45) is 5.23. The van der Waals surface area contributed by atoms with Crippen molar-refractivity contribution in [2.24, 2.45) is 0 Å². The third-order valence-corrected chi connectivity index (χ3v) is 6.39.